The van der Waals surface area contributed by atoms with Gasteiger partial charge in [-0.1, -0.05) is 12.1 Å². The van der Waals surface area contributed by atoms with Gasteiger partial charge in [-0.25, -0.2) is 4.39 Å². The number of hydrogen-bond acceptors (Lipinski definition) is 6. The van der Waals surface area contributed by atoms with Gasteiger partial charge in [-0.2, -0.15) is 15.0 Å². The Bertz CT molecular complexity index is 1060. The fraction of sp³-hybridized carbons (Fsp3) is 0.400. The molecule has 0 unspecified atom stereocenters. The van der Waals surface area contributed by atoms with Gasteiger partial charge in [-0.05, 0) is 69.2 Å². The van der Waals surface area contributed by atoms with E-state index in [2.05, 4.69) is 60.6 Å². The van der Waals surface area contributed by atoms with Gasteiger partial charge < -0.3 is 14.7 Å². The van der Waals surface area contributed by atoms with E-state index in [9.17, 15) is 4.39 Å². The smallest absolute Gasteiger partial charge is 0.230 e. The number of nitrogens with zero attached hydrogens (tertiary/aromatic N) is 6. The monoisotopic (exact) mass is 434 g/mol. The van der Waals surface area contributed by atoms with Crippen LogP contribution in [0.15, 0.2) is 42.5 Å². The summed E-state index contributed by atoms with van der Waals surface area (Å²) < 4.78 is 13.3. The number of rotatable bonds is 6. The molecule has 0 amide bonds. The first-order valence-corrected chi connectivity index (χ1v) is 11.3. The lowest BCUT2D eigenvalue weighted by Crippen LogP contribution is -2.47. The molecular formula is C25H31FN6. The lowest BCUT2D eigenvalue weighted by atomic mass is 10.1. The van der Waals surface area contributed by atoms with E-state index in [4.69, 9.17) is 15.0 Å². The van der Waals surface area contributed by atoms with Crippen molar-refractivity contribution in [3.8, 4) is 11.4 Å². The average Bonchev–Trinajstić information content (AvgIpc) is 2.82. The number of benzene rings is 2. The van der Waals surface area contributed by atoms with Gasteiger partial charge >= 0.3 is 0 Å². The second kappa shape index (κ2) is 9.51. The highest BCUT2D eigenvalue weighted by molar-refractivity contribution is 5.61. The van der Waals surface area contributed by atoms with E-state index < -0.39 is 0 Å². The molecule has 168 valence electrons. The molecule has 2 heterocycles. The second-order valence-electron chi connectivity index (χ2n) is 8.18. The summed E-state index contributed by atoms with van der Waals surface area (Å²) in [4.78, 5) is 21.2. The maximum absolute atomic E-state index is 13.3. The largest absolute Gasteiger partial charge is 0.368 e. The fourth-order valence-electron chi connectivity index (χ4n) is 3.97. The Kier molecular flexibility index (Phi) is 6.53. The molecule has 7 heteroatoms. The SMILES string of the molecule is CCN(CC)c1nc(-c2ccc(C)c(C)c2)nc(N2CCN(c3ccc(F)cc3)CC2)n1. The van der Waals surface area contributed by atoms with Crippen LogP contribution in [0.25, 0.3) is 11.4 Å². The first kappa shape index (κ1) is 22.0. The molecule has 3 aromatic rings. The summed E-state index contributed by atoms with van der Waals surface area (Å²) >= 11 is 0. The Labute approximate surface area is 189 Å². The van der Waals surface area contributed by atoms with Crippen LogP contribution in [-0.4, -0.2) is 54.2 Å². The van der Waals surface area contributed by atoms with E-state index in [0.717, 1.165) is 50.5 Å². The zero-order valence-electron chi connectivity index (χ0n) is 19.3. The standard InChI is InChI=1S/C25H31FN6/c1-5-30(6-2)24-27-23(20-8-7-18(3)19(4)17-20)28-25(29-24)32-15-13-31(14-16-32)22-11-9-21(26)10-12-22/h7-12,17H,5-6,13-16H2,1-4H3. The Balaban J connectivity index is 1.62. The van der Waals surface area contributed by atoms with Crippen LogP contribution in [0.3, 0.4) is 0 Å². The van der Waals surface area contributed by atoms with Gasteiger partial charge in [-0.15, -0.1) is 0 Å². The molecule has 0 aliphatic carbocycles. The van der Waals surface area contributed by atoms with Crippen LogP contribution in [0, 0.1) is 19.7 Å². The number of hydrogen-bond donors (Lipinski definition) is 0. The lowest BCUT2D eigenvalue weighted by molar-refractivity contribution is 0.622. The van der Waals surface area contributed by atoms with Crippen LogP contribution >= 0.6 is 0 Å². The van der Waals surface area contributed by atoms with Crippen molar-refractivity contribution < 1.29 is 4.39 Å². The molecule has 0 bridgehead atoms. The molecule has 0 N–H and O–H groups in total. The Morgan fingerprint density at radius 3 is 2.09 bits per heavy atom. The molecule has 0 saturated carbocycles. The average molecular weight is 435 g/mol. The van der Waals surface area contributed by atoms with Gasteiger partial charge in [0.2, 0.25) is 11.9 Å². The van der Waals surface area contributed by atoms with E-state index in [1.54, 1.807) is 0 Å². The molecule has 6 nitrogen and oxygen atoms in total. The van der Waals surface area contributed by atoms with Gasteiger partial charge in [0.15, 0.2) is 5.82 Å². The molecule has 0 radical (unpaired) electrons. The minimum absolute atomic E-state index is 0.208. The van der Waals surface area contributed by atoms with Crippen molar-refractivity contribution in [2.75, 3.05) is 54.0 Å². The van der Waals surface area contributed by atoms with Crippen molar-refractivity contribution in [3.63, 3.8) is 0 Å². The van der Waals surface area contributed by atoms with Crippen molar-refractivity contribution in [3.05, 3.63) is 59.4 Å². The third kappa shape index (κ3) is 4.66. The molecule has 0 atom stereocenters. The van der Waals surface area contributed by atoms with Gasteiger partial charge in [-0.3, -0.25) is 0 Å². The number of aromatic nitrogens is 3. The van der Waals surface area contributed by atoms with Crippen molar-refractivity contribution in [1.29, 1.82) is 0 Å². The number of aryl methyl sites for hydroxylation is 2. The van der Waals surface area contributed by atoms with E-state index in [1.807, 2.05) is 12.1 Å². The van der Waals surface area contributed by atoms with Crippen LogP contribution < -0.4 is 14.7 Å². The molecule has 1 aromatic heterocycles. The zero-order valence-corrected chi connectivity index (χ0v) is 19.3. The summed E-state index contributed by atoms with van der Waals surface area (Å²) in [6.07, 6.45) is 0. The maximum atomic E-state index is 13.3. The van der Waals surface area contributed by atoms with E-state index >= 15 is 0 Å². The number of piperazine rings is 1. The normalized spacial score (nSPS) is 14.0. The molecule has 0 spiro atoms. The lowest BCUT2D eigenvalue weighted by Gasteiger charge is -2.36. The highest BCUT2D eigenvalue weighted by Gasteiger charge is 2.22. The second-order valence-corrected chi connectivity index (χ2v) is 8.18. The Hall–Kier alpha value is -3.22. The van der Waals surface area contributed by atoms with Gasteiger partial charge in [0.1, 0.15) is 5.82 Å². The van der Waals surface area contributed by atoms with Gasteiger partial charge in [0, 0.05) is 50.5 Å². The summed E-state index contributed by atoms with van der Waals surface area (Å²) in [6.45, 7) is 13.4. The third-order valence-electron chi connectivity index (χ3n) is 6.18. The van der Waals surface area contributed by atoms with E-state index in [0.29, 0.717) is 17.7 Å². The van der Waals surface area contributed by atoms with Crippen molar-refractivity contribution >= 4 is 17.6 Å². The summed E-state index contributed by atoms with van der Waals surface area (Å²) in [5.74, 6) is 1.93. The molecule has 1 fully saturated rings. The van der Waals surface area contributed by atoms with Crippen LogP contribution in [0.2, 0.25) is 0 Å². The fourth-order valence-corrected chi connectivity index (χ4v) is 3.97. The zero-order chi connectivity index (χ0) is 22.7. The highest BCUT2D eigenvalue weighted by Crippen LogP contribution is 2.25. The van der Waals surface area contributed by atoms with Crippen LogP contribution in [0.4, 0.5) is 22.0 Å². The number of halogens is 1. The topological polar surface area (TPSA) is 48.4 Å². The minimum Gasteiger partial charge on any atom is -0.368 e. The minimum atomic E-state index is -0.208. The Morgan fingerprint density at radius 2 is 1.47 bits per heavy atom. The van der Waals surface area contributed by atoms with Gasteiger partial charge in [0.05, 0.1) is 0 Å². The van der Waals surface area contributed by atoms with Crippen molar-refractivity contribution in [2.24, 2.45) is 0 Å². The molecular weight excluding hydrogens is 403 g/mol. The predicted molar refractivity (Wildman–Crippen MR) is 129 cm³/mol. The summed E-state index contributed by atoms with van der Waals surface area (Å²) in [5, 5.41) is 0. The first-order valence-electron chi connectivity index (χ1n) is 11.3. The number of anilines is 3. The third-order valence-corrected chi connectivity index (χ3v) is 6.18. The van der Waals surface area contributed by atoms with Gasteiger partial charge in [0.25, 0.3) is 0 Å². The quantitative estimate of drug-likeness (QED) is 0.571. The molecule has 1 aliphatic heterocycles. The molecule has 1 saturated heterocycles. The molecule has 2 aromatic carbocycles. The molecule has 4 rings (SSSR count). The van der Waals surface area contributed by atoms with E-state index in [-0.39, 0.29) is 5.82 Å². The van der Waals surface area contributed by atoms with Crippen molar-refractivity contribution in [2.45, 2.75) is 27.7 Å². The summed E-state index contributed by atoms with van der Waals surface area (Å²) in [5.41, 5.74) is 4.53. The maximum Gasteiger partial charge on any atom is 0.230 e. The van der Waals surface area contributed by atoms with Crippen LogP contribution in [-0.2, 0) is 0 Å². The molecule has 1 aliphatic rings. The summed E-state index contributed by atoms with van der Waals surface area (Å²) in [7, 11) is 0. The highest BCUT2D eigenvalue weighted by atomic mass is 19.1. The van der Waals surface area contributed by atoms with Crippen LogP contribution in [0.5, 0.6) is 0 Å². The predicted octanol–water partition coefficient (Wildman–Crippen LogP) is 4.47. The van der Waals surface area contributed by atoms with E-state index in [1.165, 1.54) is 23.3 Å². The first-order chi connectivity index (χ1) is 15.5. The van der Waals surface area contributed by atoms with Crippen molar-refractivity contribution in [1.82, 2.24) is 15.0 Å². The summed E-state index contributed by atoms with van der Waals surface area (Å²) in [6, 6.07) is 13.0. The molecule has 32 heavy (non-hydrogen) atoms. The Morgan fingerprint density at radius 1 is 0.812 bits per heavy atom. The van der Waals surface area contributed by atoms with Crippen LogP contribution in [0.1, 0.15) is 25.0 Å².